The van der Waals surface area contributed by atoms with Gasteiger partial charge < -0.3 is 15.4 Å². The van der Waals surface area contributed by atoms with Crippen LogP contribution in [0.4, 0.5) is 10.5 Å². The molecule has 0 unspecified atom stereocenters. The van der Waals surface area contributed by atoms with Crippen molar-refractivity contribution >= 4 is 52.7 Å². The highest BCUT2D eigenvalue weighted by atomic mass is 35.5. The largest absolute Gasteiger partial charge is 0.454 e. The molecular weight excluding hydrogens is 397 g/mol. The molecule has 0 atom stereocenters. The summed E-state index contributed by atoms with van der Waals surface area (Å²) in [6.07, 6.45) is 2.81. The number of esters is 1. The van der Waals surface area contributed by atoms with Crippen LogP contribution in [-0.4, -0.2) is 47.4 Å². The molecule has 0 radical (unpaired) electrons. The predicted molar refractivity (Wildman–Crippen MR) is 97.5 cm³/mol. The van der Waals surface area contributed by atoms with Crippen LogP contribution in [-0.2, 0) is 19.1 Å². The summed E-state index contributed by atoms with van der Waals surface area (Å²) in [5, 5.41) is 5.57. The molecule has 0 aromatic heterocycles. The maximum atomic E-state index is 12.5. The van der Waals surface area contributed by atoms with Gasteiger partial charge in [0.2, 0.25) is 0 Å². The van der Waals surface area contributed by atoms with Gasteiger partial charge >= 0.3 is 12.0 Å². The Balaban J connectivity index is 1.51. The number of hydrogen-bond acceptors (Lipinski definition) is 5. The van der Waals surface area contributed by atoms with E-state index in [1.165, 1.54) is 0 Å². The SMILES string of the molecule is O=C(COC(=O)CN1C(=O)NC2(CCCC2)C1=O)Nc1cccc(Cl)c1Cl. The second-order valence-corrected chi connectivity index (χ2v) is 7.21. The second kappa shape index (κ2) is 7.74. The van der Waals surface area contributed by atoms with Gasteiger partial charge in [0.25, 0.3) is 11.8 Å². The molecule has 4 amide bonds. The fraction of sp³-hybridized carbons (Fsp3) is 0.412. The lowest BCUT2D eigenvalue weighted by atomic mass is 9.98. The van der Waals surface area contributed by atoms with Crippen molar-refractivity contribution in [2.75, 3.05) is 18.5 Å². The van der Waals surface area contributed by atoms with E-state index in [4.69, 9.17) is 27.9 Å². The minimum atomic E-state index is -0.891. The standard InChI is InChI=1S/C17H17Cl2N3O5/c18-10-4-3-5-11(14(10)19)20-12(23)9-27-13(24)8-22-15(25)17(21-16(22)26)6-1-2-7-17/h3-5H,1-2,6-9H2,(H,20,23)(H,21,26). The van der Waals surface area contributed by atoms with Crippen molar-refractivity contribution in [3.05, 3.63) is 28.2 Å². The summed E-state index contributed by atoms with van der Waals surface area (Å²) < 4.78 is 4.85. The van der Waals surface area contributed by atoms with E-state index in [2.05, 4.69) is 10.6 Å². The zero-order chi connectivity index (χ0) is 19.6. The van der Waals surface area contributed by atoms with Gasteiger partial charge in [0.15, 0.2) is 6.61 Å². The van der Waals surface area contributed by atoms with Gasteiger partial charge in [-0.2, -0.15) is 0 Å². The first-order chi connectivity index (χ1) is 12.8. The highest BCUT2D eigenvalue weighted by Gasteiger charge is 2.52. The Morgan fingerprint density at radius 2 is 1.93 bits per heavy atom. The van der Waals surface area contributed by atoms with E-state index in [1.807, 2.05) is 0 Å². The lowest BCUT2D eigenvalue weighted by Crippen LogP contribution is -2.44. The lowest BCUT2D eigenvalue weighted by molar-refractivity contribution is -0.150. The molecule has 2 fully saturated rings. The Bertz CT molecular complexity index is 808. The predicted octanol–water partition coefficient (Wildman–Crippen LogP) is 2.34. The zero-order valence-corrected chi connectivity index (χ0v) is 15.7. The molecule has 8 nitrogen and oxygen atoms in total. The van der Waals surface area contributed by atoms with E-state index in [0.717, 1.165) is 17.7 Å². The van der Waals surface area contributed by atoms with Crippen molar-refractivity contribution in [1.29, 1.82) is 0 Å². The Morgan fingerprint density at radius 1 is 1.22 bits per heavy atom. The summed E-state index contributed by atoms with van der Waals surface area (Å²) in [4.78, 5) is 49.1. The maximum absolute atomic E-state index is 12.5. The first-order valence-electron chi connectivity index (χ1n) is 8.36. The molecule has 144 valence electrons. The number of carbonyl (C=O) groups excluding carboxylic acids is 4. The number of amides is 4. The van der Waals surface area contributed by atoms with E-state index >= 15 is 0 Å². The van der Waals surface area contributed by atoms with Crippen LogP contribution in [0, 0.1) is 0 Å². The van der Waals surface area contributed by atoms with Crippen LogP contribution in [0.3, 0.4) is 0 Å². The molecule has 1 aliphatic heterocycles. The molecule has 27 heavy (non-hydrogen) atoms. The third-order valence-corrected chi connectivity index (χ3v) is 5.40. The van der Waals surface area contributed by atoms with Gasteiger partial charge in [0.05, 0.1) is 15.7 Å². The molecule has 1 saturated heterocycles. The molecule has 1 heterocycles. The summed E-state index contributed by atoms with van der Waals surface area (Å²) >= 11 is 11.8. The van der Waals surface area contributed by atoms with Gasteiger partial charge in [0.1, 0.15) is 12.1 Å². The number of hydrogen-bond donors (Lipinski definition) is 2. The highest BCUT2D eigenvalue weighted by Crippen LogP contribution is 2.35. The van der Waals surface area contributed by atoms with E-state index in [9.17, 15) is 19.2 Å². The van der Waals surface area contributed by atoms with Gasteiger partial charge in [-0.1, -0.05) is 42.1 Å². The number of benzene rings is 1. The van der Waals surface area contributed by atoms with E-state index in [1.54, 1.807) is 18.2 Å². The van der Waals surface area contributed by atoms with Crippen LogP contribution in [0.25, 0.3) is 0 Å². The van der Waals surface area contributed by atoms with Crippen LogP contribution in [0.5, 0.6) is 0 Å². The third kappa shape index (κ3) is 4.01. The monoisotopic (exact) mass is 413 g/mol. The fourth-order valence-electron chi connectivity index (χ4n) is 3.24. The van der Waals surface area contributed by atoms with Crippen molar-refractivity contribution in [1.82, 2.24) is 10.2 Å². The Hall–Kier alpha value is -2.32. The Labute approximate surface area is 165 Å². The molecular formula is C17H17Cl2N3O5. The van der Waals surface area contributed by atoms with Crippen LogP contribution in [0.1, 0.15) is 25.7 Å². The van der Waals surface area contributed by atoms with Crippen LogP contribution in [0.2, 0.25) is 10.0 Å². The van der Waals surface area contributed by atoms with Crippen molar-refractivity contribution in [2.24, 2.45) is 0 Å². The number of ether oxygens (including phenoxy) is 1. The number of imide groups is 1. The first-order valence-corrected chi connectivity index (χ1v) is 9.11. The summed E-state index contributed by atoms with van der Waals surface area (Å²) in [5.41, 5.74) is -0.611. The van der Waals surface area contributed by atoms with Crippen molar-refractivity contribution in [2.45, 2.75) is 31.2 Å². The average molecular weight is 414 g/mol. The molecule has 1 spiro atoms. The molecule has 10 heteroatoms. The second-order valence-electron chi connectivity index (χ2n) is 6.42. The number of urea groups is 1. The summed E-state index contributed by atoms with van der Waals surface area (Å²) in [6.45, 7) is -1.13. The smallest absolute Gasteiger partial charge is 0.326 e. The number of anilines is 1. The summed E-state index contributed by atoms with van der Waals surface area (Å²) in [7, 11) is 0. The number of nitrogens with zero attached hydrogens (tertiary/aromatic N) is 1. The lowest BCUT2D eigenvalue weighted by Gasteiger charge is -2.19. The quantitative estimate of drug-likeness (QED) is 0.569. The molecule has 1 saturated carbocycles. The van der Waals surface area contributed by atoms with Crippen LogP contribution < -0.4 is 10.6 Å². The third-order valence-electron chi connectivity index (χ3n) is 4.58. The number of carbonyl (C=O) groups is 4. The summed E-state index contributed by atoms with van der Waals surface area (Å²) in [6, 6.07) is 4.09. The molecule has 1 aliphatic carbocycles. The number of rotatable bonds is 5. The Morgan fingerprint density at radius 3 is 2.63 bits per heavy atom. The van der Waals surface area contributed by atoms with E-state index < -0.39 is 42.5 Å². The molecule has 1 aromatic rings. The highest BCUT2D eigenvalue weighted by molar-refractivity contribution is 6.44. The minimum absolute atomic E-state index is 0.167. The van der Waals surface area contributed by atoms with Gasteiger partial charge in [-0.05, 0) is 25.0 Å². The molecule has 0 bridgehead atoms. The zero-order valence-electron chi connectivity index (χ0n) is 14.2. The van der Waals surface area contributed by atoms with E-state index in [0.29, 0.717) is 12.8 Å². The van der Waals surface area contributed by atoms with Crippen LogP contribution in [0.15, 0.2) is 18.2 Å². The van der Waals surface area contributed by atoms with Crippen LogP contribution >= 0.6 is 23.2 Å². The molecule has 2 N–H and O–H groups in total. The minimum Gasteiger partial charge on any atom is -0.454 e. The van der Waals surface area contributed by atoms with Gasteiger partial charge in [-0.3, -0.25) is 19.3 Å². The number of halogens is 2. The van der Waals surface area contributed by atoms with Gasteiger partial charge in [-0.25, -0.2) is 4.79 Å². The van der Waals surface area contributed by atoms with Gasteiger partial charge in [0, 0.05) is 0 Å². The van der Waals surface area contributed by atoms with Crippen molar-refractivity contribution in [3.63, 3.8) is 0 Å². The van der Waals surface area contributed by atoms with Crippen molar-refractivity contribution < 1.29 is 23.9 Å². The van der Waals surface area contributed by atoms with E-state index in [-0.39, 0.29) is 15.7 Å². The topological polar surface area (TPSA) is 105 Å². The number of nitrogens with one attached hydrogen (secondary N) is 2. The molecule has 1 aromatic carbocycles. The molecule has 3 rings (SSSR count). The molecule has 2 aliphatic rings. The first kappa shape index (κ1) is 19.4. The fourth-order valence-corrected chi connectivity index (χ4v) is 3.59. The average Bonchev–Trinajstić information content (AvgIpc) is 3.18. The summed E-state index contributed by atoms with van der Waals surface area (Å²) in [5.74, 6) is -1.91. The Kier molecular flexibility index (Phi) is 5.57. The normalized spacial score (nSPS) is 17.9. The maximum Gasteiger partial charge on any atom is 0.326 e. The van der Waals surface area contributed by atoms with Crippen molar-refractivity contribution in [3.8, 4) is 0 Å². The van der Waals surface area contributed by atoms with Gasteiger partial charge in [-0.15, -0.1) is 0 Å².